The maximum absolute atomic E-state index is 12.9. The number of ether oxygens (including phenoxy) is 3. The average Bonchev–Trinajstić information content (AvgIpc) is 3.49. The third-order valence-electron chi connectivity index (χ3n) is 14.3. The Morgan fingerprint density at radius 3 is 0.843 bits per heavy atom. The minimum absolute atomic E-state index is 0.116. The number of hydrogen-bond donors (Lipinski definition) is 0. The van der Waals surface area contributed by atoms with Crippen LogP contribution in [-0.4, -0.2) is 37.2 Å². The summed E-state index contributed by atoms with van der Waals surface area (Å²) >= 11 is 0. The molecule has 0 aliphatic rings. The summed E-state index contributed by atoms with van der Waals surface area (Å²) < 4.78 is 16.8. The minimum Gasteiger partial charge on any atom is -0.462 e. The molecule has 0 aromatic carbocycles. The summed E-state index contributed by atoms with van der Waals surface area (Å²) in [5.41, 5.74) is 0. The number of carbonyl (C=O) groups excluding carboxylic acids is 3. The zero-order chi connectivity index (χ0) is 59.9. The van der Waals surface area contributed by atoms with Gasteiger partial charge in [0.2, 0.25) is 0 Å². The largest absolute Gasteiger partial charge is 0.462 e. The summed E-state index contributed by atoms with van der Waals surface area (Å²) in [5.74, 6) is -1.06. The van der Waals surface area contributed by atoms with Gasteiger partial charge in [-0.15, -0.1) is 0 Å². The Kier molecular flexibility index (Phi) is 65.8. The first-order valence-electron chi connectivity index (χ1n) is 34.3. The first kappa shape index (κ1) is 78.3. The van der Waals surface area contributed by atoms with Crippen molar-refractivity contribution >= 4 is 17.9 Å². The van der Waals surface area contributed by atoms with Crippen LogP contribution >= 0.6 is 0 Å². The molecule has 0 radical (unpaired) electrons. The van der Waals surface area contributed by atoms with E-state index < -0.39 is 12.1 Å². The van der Waals surface area contributed by atoms with Crippen molar-refractivity contribution in [2.75, 3.05) is 13.2 Å². The fourth-order valence-corrected chi connectivity index (χ4v) is 9.28. The second-order valence-corrected chi connectivity index (χ2v) is 22.3. The lowest BCUT2D eigenvalue weighted by atomic mass is 10.0. The van der Waals surface area contributed by atoms with Crippen LogP contribution in [0.1, 0.15) is 303 Å². The summed E-state index contributed by atoms with van der Waals surface area (Å²) in [6.07, 6.45) is 100. The van der Waals surface area contributed by atoms with Crippen LogP contribution in [0.15, 0.2) is 146 Å². The van der Waals surface area contributed by atoms with Gasteiger partial charge in [0.25, 0.3) is 0 Å². The molecule has 1 atom stereocenters. The molecule has 0 spiro atoms. The van der Waals surface area contributed by atoms with Gasteiger partial charge in [-0.25, -0.2) is 0 Å². The fourth-order valence-electron chi connectivity index (χ4n) is 9.28. The summed E-state index contributed by atoms with van der Waals surface area (Å²) in [4.78, 5) is 38.3. The van der Waals surface area contributed by atoms with Gasteiger partial charge in [-0.2, -0.15) is 0 Å². The normalized spacial score (nSPS) is 13.0. The van der Waals surface area contributed by atoms with Gasteiger partial charge in [-0.1, -0.05) is 308 Å². The molecule has 1 unspecified atom stereocenters. The van der Waals surface area contributed by atoms with E-state index >= 15 is 0 Å². The lowest BCUT2D eigenvalue weighted by Crippen LogP contribution is -2.30. The number of hydrogen-bond acceptors (Lipinski definition) is 6. The van der Waals surface area contributed by atoms with E-state index in [1.807, 2.05) is 6.08 Å². The quantitative estimate of drug-likeness (QED) is 0.0261. The second kappa shape index (κ2) is 69.8. The summed E-state index contributed by atoms with van der Waals surface area (Å²) in [6, 6.07) is 0. The molecule has 0 rings (SSSR count). The standard InChI is InChI=1S/C77H126O6/c1-4-7-10-13-16-19-22-25-28-30-32-34-35-36-37-38-39-40-41-43-44-46-49-52-55-58-61-64-67-70-76(79)82-73-74(72-81-75(78)69-66-63-60-57-54-51-48-27-24-21-18-15-12-9-6-3)83-77(80)71-68-65-62-59-56-53-50-47-45-42-33-31-29-26-23-20-17-14-11-8-5-2/h7,9-10,12,16,18-19,21,23,25-28,31-34,45,47-48,54,57,63,66,74H,4-6,8,11,13-15,17,20,22,24,29-30,35-44,46,49-53,55-56,58-62,64-65,67-73H2,1-3H3/b10-7-,12-9-,19-16-,21-18-,26-23-,28-25-,33-31-,34-32-,47-45-,48-27-,57-54-,66-63-. The molecule has 0 aliphatic carbocycles. The predicted octanol–water partition coefficient (Wildman–Crippen LogP) is 23.9. The molecule has 0 aromatic rings. The molecule has 0 fully saturated rings. The van der Waals surface area contributed by atoms with Crippen LogP contribution in [0.2, 0.25) is 0 Å². The summed E-state index contributed by atoms with van der Waals surface area (Å²) in [6.45, 7) is 6.32. The van der Waals surface area contributed by atoms with Gasteiger partial charge >= 0.3 is 17.9 Å². The fraction of sp³-hybridized carbons (Fsp3) is 0.649. The van der Waals surface area contributed by atoms with E-state index in [2.05, 4.69) is 154 Å². The van der Waals surface area contributed by atoms with E-state index in [0.717, 1.165) is 122 Å². The Balaban J connectivity index is 4.38. The van der Waals surface area contributed by atoms with Crippen LogP contribution in [-0.2, 0) is 28.6 Å². The smallest absolute Gasteiger partial charge is 0.309 e. The molecule has 6 heteroatoms. The molecule has 0 N–H and O–H groups in total. The van der Waals surface area contributed by atoms with Crippen LogP contribution in [0.5, 0.6) is 0 Å². The van der Waals surface area contributed by atoms with E-state index in [-0.39, 0.29) is 31.6 Å². The molecule has 83 heavy (non-hydrogen) atoms. The van der Waals surface area contributed by atoms with E-state index in [4.69, 9.17) is 14.2 Å². The van der Waals surface area contributed by atoms with Gasteiger partial charge in [-0.05, 0) is 122 Å². The Morgan fingerprint density at radius 1 is 0.265 bits per heavy atom. The van der Waals surface area contributed by atoms with Gasteiger partial charge < -0.3 is 14.2 Å². The topological polar surface area (TPSA) is 78.9 Å². The number of esters is 3. The van der Waals surface area contributed by atoms with Crippen LogP contribution in [0, 0.1) is 0 Å². The van der Waals surface area contributed by atoms with Crippen LogP contribution in [0.25, 0.3) is 0 Å². The molecule has 0 aliphatic heterocycles. The maximum atomic E-state index is 12.9. The number of unbranched alkanes of at least 4 members (excludes halogenated alkanes) is 27. The molecule has 470 valence electrons. The highest BCUT2D eigenvalue weighted by Gasteiger charge is 2.19. The second-order valence-electron chi connectivity index (χ2n) is 22.3. The Hall–Kier alpha value is -4.71. The zero-order valence-corrected chi connectivity index (χ0v) is 53.9. The molecule has 0 bridgehead atoms. The SMILES string of the molecule is CC/C=C\C/C=C\C/C=C\C/C=C\C/C=C\CC(=O)OCC(COC(=O)CCCCCCCCCCCCCCCCCC/C=C\C/C=C\C/C=C\C/C=C\CC)OC(=O)CCCCCCCC/C=C\C/C=C\C/C=C\CCCCCCC. The van der Waals surface area contributed by atoms with Gasteiger partial charge in [0.05, 0.1) is 6.42 Å². The molecule has 0 aromatic heterocycles. The average molecular weight is 1150 g/mol. The molecule has 0 saturated heterocycles. The van der Waals surface area contributed by atoms with Crippen LogP contribution in [0.3, 0.4) is 0 Å². The third kappa shape index (κ3) is 68.0. The van der Waals surface area contributed by atoms with Crippen molar-refractivity contribution in [2.45, 2.75) is 309 Å². The van der Waals surface area contributed by atoms with Crippen molar-refractivity contribution in [1.29, 1.82) is 0 Å². The van der Waals surface area contributed by atoms with Crippen molar-refractivity contribution < 1.29 is 28.6 Å². The minimum atomic E-state index is -0.832. The van der Waals surface area contributed by atoms with Crippen molar-refractivity contribution in [3.05, 3.63) is 146 Å². The number of allylic oxidation sites excluding steroid dienone is 23. The van der Waals surface area contributed by atoms with Crippen LogP contribution in [0.4, 0.5) is 0 Å². The van der Waals surface area contributed by atoms with Crippen molar-refractivity contribution in [3.63, 3.8) is 0 Å². The molecular weight excluding hydrogens is 1020 g/mol. The van der Waals surface area contributed by atoms with Crippen LogP contribution < -0.4 is 0 Å². The van der Waals surface area contributed by atoms with Gasteiger partial charge in [0.1, 0.15) is 13.2 Å². The molecule has 6 nitrogen and oxygen atoms in total. The highest BCUT2D eigenvalue weighted by molar-refractivity contribution is 5.72. The number of carbonyl (C=O) groups is 3. The van der Waals surface area contributed by atoms with E-state index in [1.165, 1.54) is 141 Å². The van der Waals surface area contributed by atoms with Crippen molar-refractivity contribution in [1.82, 2.24) is 0 Å². The molecule has 0 saturated carbocycles. The van der Waals surface area contributed by atoms with E-state index in [0.29, 0.717) is 12.8 Å². The lowest BCUT2D eigenvalue weighted by molar-refractivity contribution is -0.166. The first-order chi connectivity index (χ1) is 41.0. The highest BCUT2D eigenvalue weighted by atomic mass is 16.6. The highest BCUT2D eigenvalue weighted by Crippen LogP contribution is 2.16. The van der Waals surface area contributed by atoms with E-state index in [9.17, 15) is 14.4 Å². The van der Waals surface area contributed by atoms with Gasteiger partial charge in [0.15, 0.2) is 6.10 Å². The Bertz CT molecular complexity index is 1800. The third-order valence-corrected chi connectivity index (χ3v) is 14.3. The molecular formula is C77H126O6. The lowest BCUT2D eigenvalue weighted by Gasteiger charge is -2.18. The van der Waals surface area contributed by atoms with Crippen molar-refractivity contribution in [3.8, 4) is 0 Å². The Labute approximate surface area is 512 Å². The molecule has 0 amide bonds. The monoisotopic (exact) mass is 1150 g/mol. The number of rotatable bonds is 61. The summed E-state index contributed by atoms with van der Waals surface area (Å²) in [7, 11) is 0. The Morgan fingerprint density at radius 2 is 0.518 bits per heavy atom. The zero-order valence-electron chi connectivity index (χ0n) is 53.9. The van der Waals surface area contributed by atoms with Crippen molar-refractivity contribution in [2.24, 2.45) is 0 Å². The predicted molar refractivity (Wildman–Crippen MR) is 362 cm³/mol. The molecule has 0 heterocycles. The van der Waals surface area contributed by atoms with Gasteiger partial charge in [0, 0.05) is 12.8 Å². The maximum Gasteiger partial charge on any atom is 0.309 e. The van der Waals surface area contributed by atoms with E-state index in [1.54, 1.807) is 6.08 Å². The van der Waals surface area contributed by atoms with Gasteiger partial charge in [-0.3, -0.25) is 14.4 Å². The summed E-state index contributed by atoms with van der Waals surface area (Å²) in [5, 5.41) is 0. The first-order valence-corrected chi connectivity index (χ1v) is 34.3.